The van der Waals surface area contributed by atoms with Crippen LogP contribution in [0.3, 0.4) is 0 Å². The summed E-state index contributed by atoms with van der Waals surface area (Å²) in [5.41, 5.74) is 4.79. The van der Waals surface area contributed by atoms with Gasteiger partial charge in [0.05, 0.1) is 0 Å². The molecule has 0 amide bonds. The number of hydrogen-bond acceptors (Lipinski definition) is 3. The van der Waals surface area contributed by atoms with Crippen molar-refractivity contribution < 1.29 is 17.9 Å². The molecule has 114 valence electrons. The van der Waals surface area contributed by atoms with Crippen LogP contribution in [0, 0.1) is 0 Å². The molecule has 1 unspecified atom stereocenters. The van der Waals surface area contributed by atoms with Crippen molar-refractivity contribution in [2.45, 2.75) is 38.4 Å². The van der Waals surface area contributed by atoms with Crippen LogP contribution >= 0.6 is 0 Å². The van der Waals surface area contributed by atoms with Crippen LogP contribution in [0.15, 0.2) is 24.3 Å². The Kier molecular flexibility index (Phi) is 6.98. The highest BCUT2D eigenvalue weighted by Gasteiger charge is 2.27. The first-order chi connectivity index (χ1) is 9.46. The number of rotatable bonds is 8. The van der Waals surface area contributed by atoms with Crippen LogP contribution in [-0.2, 0) is 11.2 Å². The van der Waals surface area contributed by atoms with Gasteiger partial charge in [0, 0.05) is 12.6 Å². The van der Waals surface area contributed by atoms with Crippen LogP contribution in [0.4, 0.5) is 13.2 Å². The largest absolute Gasteiger partial charge is 0.411 e. The van der Waals surface area contributed by atoms with Crippen molar-refractivity contribution in [3.63, 3.8) is 0 Å². The van der Waals surface area contributed by atoms with Gasteiger partial charge in [0.2, 0.25) is 0 Å². The third kappa shape index (κ3) is 6.36. The van der Waals surface area contributed by atoms with E-state index in [0.29, 0.717) is 6.42 Å². The Morgan fingerprint density at radius 1 is 1.35 bits per heavy atom. The van der Waals surface area contributed by atoms with Gasteiger partial charge in [-0.05, 0) is 24.0 Å². The molecule has 0 saturated heterocycles. The summed E-state index contributed by atoms with van der Waals surface area (Å²) in [6.07, 6.45) is -1.89. The van der Waals surface area contributed by atoms with Gasteiger partial charge in [-0.1, -0.05) is 37.6 Å². The SMILES string of the molecule is CCCc1cccc(C(CCOCC(F)(F)F)NN)c1. The van der Waals surface area contributed by atoms with Crippen LogP contribution in [0.2, 0.25) is 0 Å². The number of alkyl halides is 3. The van der Waals surface area contributed by atoms with E-state index in [4.69, 9.17) is 5.84 Å². The Hall–Kier alpha value is -1.11. The molecule has 0 aliphatic carbocycles. The molecule has 0 heterocycles. The molecular formula is C14H21F3N2O. The number of hydrogen-bond donors (Lipinski definition) is 2. The van der Waals surface area contributed by atoms with E-state index in [1.54, 1.807) is 0 Å². The zero-order valence-corrected chi connectivity index (χ0v) is 11.5. The summed E-state index contributed by atoms with van der Waals surface area (Å²) in [7, 11) is 0. The van der Waals surface area contributed by atoms with Gasteiger partial charge < -0.3 is 4.74 Å². The number of nitrogens with one attached hydrogen (secondary N) is 1. The quantitative estimate of drug-likeness (QED) is 0.439. The standard InChI is InChI=1S/C14H21F3N2O/c1-2-4-11-5-3-6-12(9-11)13(19-18)7-8-20-10-14(15,16)17/h3,5-6,9,13,19H,2,4,7-8,10,18H2,1H3. The summed E-state index contributed by atoms with van der Waals surface area (Å²) in [5, 5.41) is 0. The summed E-state index contributed by atoms with van der Waals surface area (Å²) in [5.74, 6) is 5.47. The van der Waals surface area contributed by atoms with Gasteiger partial charge in [0.1, 0.15) is 6.61 Å². The lowest BCUT2D eigenvalue weighted by atomic mass is 10.0. The summed E-state index contributed by atoms with van der Waals surface area (Å²) >= 11 is 0. The molecule has 20 heavy (non-hydrogen) atoms. The van der Waals surface area contributed by atoms with Crippen molar-refractivity contribution in [2.24, 2.45) is 5.84 Å². The van der Waals surface area contributed by atoms with E-state index in [-0.39, 0.29) is 12.6 Å². The molecule has 0 saturated carbocycles. The van der Waals surface area contributed by atoms with Crippen LogP contribution in [-0.4, -0.2) is 19.4 Å². The first kappa shape index (κ1) is 16.9. The predicted molar refractivity (Wildman–Crippen MR) is 72.0 cm³/mol. The Balaban J connectivity index is 2.51. The van der Waals surface area contributed by atoms with Gasteiger partial charge >= 0.3 is 6.18 Å². The van der Waals surface area contributed by atoms with E-state index in [0.717, 1.165) is 18.4 Å². The molecule has 1 rings (SSSR count). The molecule has 0 aliphatic rings. The van der Waals surface area contributed by atoms with Crippen LogP contribution in [0.1, 0.15) is 36.9 Å². The number of ether oxygens (including phenoxy) is 1. The van der Waals surface area contributed by atoms with Gasteiger partial charge in [-0.15, -0.1) is 0 Å². The van der Waals surface area contributed by atoms with Crippen molar-refractivity contribution >= 4 is 0 Å². The van der Waals surface area contributed by atoms with E-state index >= 15 is 0 Å². The molecule has 3 N–H and O–H groups in total. The minimum Gasteiger partial charge on any atom is -0.372 e. The van der Waals surface area contributed by atoms with Gasteiger partial charge in [0.15, 0.2) is 0 Å². The lowest BCUT2D eigenvalue weighted by molar-refractivity contribution is -0.174. The van der Waals surface area contributed by atoms with Crippen molar-refractivity contribution in [2.75, 3.05) is 13.2 Å². The highest BCUT2D eigenvalue weighted by atomic mass is 19.4. The summed E-state index contributed by atoms with van der Waals surface area (Å²) < 4.78 is 40.5. The van der Waals surface area contributed by atoms with Gasteiger partial charge in [-0.3, -0.25) is 11.3 Å². The van der Waals surface area contributed by atoms with E-state index in [2.05, 4.69) is 17.1 Å². The molecule has 6 heteroatoms. The molecule has 0 fully saturated rings. The van der Waals surface area contributed by atoms with Crippen LogP contribution < -0.4 is 11.3 Å². The fraction of sp³-hybridized carbons (Fsp3) is 0.571. The predicted octanol–water partition coefficient (Wildman–Crippen LogP) is 3.11. The Morgan fingerprint density at radius 3 is 2.70 bits per heavy atom. The molecule has 0 aromatic heterocycles. The number of benzene rings is 1. The maximum absolute atomic E-state index is 12.0. The fourth-order valence-electron chi connectivity index (χ4n) is 1.99. The molecule has 0 bridgehead atoms. The van der Waals surface area contributed by atoms with E-state index in [9.17, 15) is 13.2 Å². The molecule has 3 nitrogen and oxygen atoms in total. The monoisotopic (exact) mass is 290 g/mol. The summed E-state index contributed by atoms with van der Waals surface area (Å²) in [6, 6.07) is 7.69. The first-order valence-corrected chi connectivity index (χ1v) is 6.65. The average molecular weight is 290 g/mol. The lowest BCUT2D eigenvalue weighted by Gasteiger charge is -2.17. The van der Waals surface area contributed by atoms with Crippen molar-refractivity contribution in [3.05, 3.63) is 35.4 Å². The highest BCUT2D eigenvalue weighted by Crippen LogP contribution is 2.19. The van der Waals surface area contributed by atoms with Crippen molar-refractivity contribution in [3.8, 4) is 0 Å². The van der Waals surface area contributed by atoms with Crippen molar-refractivity contribution in [1.82, 2.24) is 5.43 Å². The normalized spacial score (nSPS) is 13.4. The van der Waals surface area contributed by atoms with E-state index in [1.165, 1.54) is 5.56 Å². The second-order valence-corrected chi connectivity index (χ2v) is 4.67. The molecule has 1 aromatic rings. The Labute approximate surface area is 117 Å². The number of aryl methyl sites for hydroxylation is 1. The van der Waals surface area contributed by atoms with E-state index < -0.39 is 12.8 Å². The fourth-order valence-corrected chi connectivity index (χ4v) is 1.99. The molecule has 0 aliphatic heterocycles. The second kappa shape index (κ2) is 8.24. The average Bonchev–Trinajstić information content (AvgIpc) is 2.38. The van der Waals surface area contributed by atoms with E-state index in [1.807, 2.05) is 24.3 Å². The molecule has 0 radical (unpaired) electrons. The molecule has 0 spiro atoms. The maximum atomic E-state index is 12.0. The number of hydrazine groups is 1. The van der Waals surface area contributed by atoms with Gasteiger partial charge in [0.25, 0.3) is 0 Å². The minimum atomic E-state index is -4.29. The zero-order chi connectivity index (χ0) is 15.0. The maximum Gasteiger partial charge on any atom is 0.411 e. The van der Waals surface area contributed by atoms with Crippen LogP contribution in [0.25, 0.3) is 0 Å². The van der Waals surface area contributed by atoms with Crippen molar-refractivity contribution in [1.29, 1.82) is 0 Å². The van der Waals surface area contributed by atoms with Crippen LogP contribution in [0.5, 0.6) is 0 Å². The first-order valence-electron chi connectivity index (χ1n) is 6.65. The van der Waals surface area contributed by atoms with Gasteiger partial charge in [-0.25, -0.2) is 0 Å². The summed E-state index contributed by atoms with van der Waals surface area (Å²) in [4.78, 5) is 0. The topological polar surface area (TPSA) is 47.3 Å². The second-order valence-electron chi connectivity index (χ2n) is 4.67. The smallest absolute Gasteiger partial charge is 0.372 e. The number of halogens is 3. The lowest BCUT2D eigenvalue weighted by Crippen LogP contribution is -2.29. The summed E-state index contributed by atoms with van der Waals surface area (Å²) in [6.45, 7) is 0.878. The number of nitrogens with two attached hydrogens (primary N) is 1. The molecule has 1 atom stereocenters. The minimum absolute atomic E-state index is 0.00633. The molecule has 1 aromatic carbocycles. The third-order valence-corrected chi connectivity index (χ3v) is 2.91. The Morgan fingerprint density at radius 2 is 2.10 bits per heavy atom. The zero-order valence-electron chi connectivity index (χ0n) is 11.5. The Bertz CT molecular complexity index is 396. The third-order valence-electron chi connectivity index (χ3n) is 2.91. The van der Waals surface area contributed by atoms with Gasteiger partial charge in [-0.2, -0.15) is 13.2 Å². The molecular weight excluding hydrogens is 269 g/mol. The highest BCUT2D eigenvalue weighted by molar-refractivity contribution is 5.26.